The lowest BCUT2D eigenvalue weighted by molar-refractivity contribution is -0.120. The minimum Gasteiger partial charge on any atom is -0.397 e. The maximum atomic E-state index is 12.5. The zero-order chi connectivity index (χ0) is 15.3. The van der Waals surface area contributed by atoms with Crippen LogP contribution in [0.3, 0.4) is 0 Å². The van der Waals surface area contributed by atoms with Gasteiger partial charge in [-0.25, -0.2) is 0 Å². The summed E-state index contributed by atoms with van der Waals surface area (Å²) in [5.41, 5.74) is 7.23. The molecule has 1 rings (SSSR count). The van der Waals surface area contributed by atoms with E-state index in [9.17, 15) is 9.90 Å². The topological polar surface area (TPSA) is 66.6 Å². The first-order valence-corrected chi connectivity index (χ1v) is 7.03. The van der Waals surface area contributed by atoms with Crippen LogP contribution in [0.15, 0.2) is 24.3 Å². The molecular formula is C16H26N2O2. The van der Waals surface area contributed by atoms with Crippen molar-refractivity contribution >= 4 is 17.3 Å². The van der Waals surface area contributed by atoms with Crippen molar-refractivity contribution in [1.82, 2.24) is 0 Å². The standard InChI is InChI=1S/C16H26N2O2/c1-12(16(2,3)4)11-15(20)18(9-10-19)14-8-6-5-7-13(14)17/h5-8,12,19H,9-11,17H2,1-4H3. The molecule has 1 atom stereocenters. The van der Waals surface area contributed by atoms with Gasteiger partial charge in [0.1, 0.15) is 0 Å². The molecule has 20 heavy (non-hydrogen) atoms. The second-order valence-corrected chi connectivity index (χ2v) is 6.30. The smallest absolute Gasteiger partial charge is 0.227 e. The number of carbonyl (C=O) groups excluding carboxylic acids is 1. The first-order chi connectivity index (χ1) is 9.27. The molecule has 0 aliphatic carbocycles. The maximum absolute atomic E-state index is 12.5. The molecule has 1 aromatic carbocycles. The molecule has 0 aliphatic rings. The number of nitrogen functional groups attached to an aromatic ring is 1. The number of nitrogens with zero attached hydrogens (tertiary/aromatic N) is 1. The Hall–Kier alpha value is -1.55. The Labute approximate surface area is 121 Å². The van der Waals surface area contributed by atoms with Crippen LogP contribution in [0.25, 0.3) is 0 Å². The first-order valence-electron chi connectivity index (χ1n) is 7.03. The van der Waals surface area contributed by atoms with Gasteiger partial charge in [-0.15, -0.1) is 0 Å². The molecule has 0 aromatic heterocycles. The van der Waals surface area contributed by atoms with Gasteiger partial charge >= 0.3 is 0 Å². The van der Waals surface area contributed by atoms with Gasteiger partial charge in [0.05, 0.1) is 18.0 Å². The number of aliphatic hydroxyl groups is 1. The average Bonchev–Trinajstić information content (AvgIpc) is 2.35. The summed E-state index contributed by atoms with van der Waals surface area (Å²) in [6.45, 7) is 8.63. The van der Waals surface area contributed by atoms with Gasteiger partial charge in [-0.3, -0.25) is 4.79 Å². The van der Waals surface area contributed by atoms with Gasteiger partial charge in [-0.1, -0.05) is 39.8 Å². The van der Waals surface area contributed by atoms with Gasteiger partial charge in [-0.05, 0) is 23.5 Å². The van der Waals surface area contributed by atoms with E-state index in [1.807, 2.05) is 18.2 Å². The van der Waals surface area contributed by atoms with E-state index < -0.39 is 0 Å². The highest BCUT2D eigenvalue weighted by molar-refractivity contribution is 5.96. The molecule has 3 N–H and O–H groups in total. The van der Waals surface area contributed by atoms with E-state index in [1.165, 1.54) is 0 Å². The summed E-state index contributed by atoms with van der Waals surface area (Å²) in [5, 5.41) is 9.20. The minimum absolute atomic E-state index is 0.000579. The van der Waals surface area contributed by atoms with Gasteiger partial charge in [0, 0.05) is 13.0 Å². The highest BCUT2D eigenvalue weighted by Gasteiger charge is 2.26. The molecule has 0 fully saturated rings. The Morgan fingerprint density at radius 2 is 1.95 bits per heavy atom. The first kappa shape index (κ1) is 16.5. The molecule has 112 valence electrons. The number of hydrogen-bond acceptors (Lipinski definition) is 3. The van der Waals surface area contributed by atoms with Gasteiger partial charge < -0.3 is 15.7 Å². The molecule has 4 nitrogen and oxygen atoms in total. The molecular weight excluding hydrogens is 252 g/mol. The zero-order valence-corrected chi connectivity index (χ0v) is 12.9. The second-order valence-electron chi connectivity index (χ2n) is 6.30. The molecule has 0 radical (unpaired) electrons. The third kappa shape index (κ3) is 4.23. The van der Waals surface area contributed by atoms with Crippen molar-refractivity contribution in [2.45, 2.75) is 34.1 Å². The number of nitrogens with two attached hydrogens (primary N) is 1. The van der Waals surface area contributed by atoms with Crippen LogP contribution in [0.2, 0.25) is 0 Å². The van der Waals surface area contributed by atoms with Crippen LogP contribution >= 0.6 is 0 Å². The van der Waals surface area contributed by atoms with E-state index in [1.54, 1.807) is 11.0 Å². The highest BCUT2D eigenvalue weighted by Crippen LogP contribution is 2.30. The quantitative estimate of drug-likeness (QED) is 0.814. The number of hydrogen-bond donors (Lipinski definition) is 2. The lowest BCUT2D eigenvalue weighted by Crippen LogP contribution is -2.36. The summed E-state index contributed by atoms with van der Waals surface area (Å²) in [6, 6.07) is 7.25. The molecule has 1 aromatic rings. The Morgan fingerprint density at radius 3 is 2.45 bits per heavy atom. The van der Waals surface area contributed by atoms with Crippen molar-refractivity contribution in [3.05, 3.63) is 24.3 Å². The molecule has 0 saturated carbocycles. The van der Waals surface area contributed by atoms with Gasteiger partial charge in [-0.2, -0.15) is 0 Å². The lowest BCUT2D eigenvalue weighted by Gasteiger charge is -2.30. The SMILES string of the molecule is CC(CC(=O)N(CCO)c1ccccc1N)C(C)(C)C. The third-order valence-electron chi connectivity index (χ3n) is 3.81. The van der Waals surface area contributed by atoms with Crippen LogP contribution in [0, 0.1) is 11.3 Å². The molecule has 0 spiro atoms. The van der Waals surface area contributed by atoms with E-state index in [0.717, 1.165) is 0 Å². The predicted molar refractivity (Wildman–Crippen MR) is 83.5 cm³/mol. The summed E-state index contributed by atoms with van der Waals surface area (Å²) < 4.78 is 0. The van der Waals surface area contributed by atoms with Crippen molar-refractivity contribution in [3.8, 4) is 0 Å². The highest BCUT2D eigenvalue weighted by atomic mass is 16.3. The monoisotopic (exact) mass is 278 g/mol. The molecule has 0 heterocycles. The number of amides is 1. The fourth-order valence-electron chi connectivity index (χ4n) is 1.89. The van der Waals surface area contributed by atoms with Gasteiger partial charge in [0.2, 0.25) is 5.91 Å². The summed E-state index contributed by atoms with van der Waals surface area (Å²) in [4.78, 5) is 14.1. The Balaban J connectivity index is 2.92. The summed E-state index contributed by atoms with van der Waals surface area (Å²) in [5.74, 6) is 0.250. The van der Waals surface area contributed by atoms with Crippen molar-refractivity contribution in [2.24, 2.45) is 11.3 Å². The molecule has 0 bridgehead atoms. The van der Waals surface area contributed by atoms with Crippen LogP contribution in [-0.4, -0.2) is 24.2 Å². The van der Waals surface area contributed by atoms with Crippen LogP contribution in [0.4, 0.5) is 11.4 Å². The van der Waals surface area contributed by atoms with Gasteiger partial charge in [0.15, 0.2) is 0 Å². The predicted octanol–water partition coefficient (Wildman–Crippen LogP) is 2.67. The number of carbonyl (C=O) groups is 1. The van der Waals surface area contributed by atoms with Crippen LogP contribution in [0.1, 0.15) is 34.1 Å². The van der Waals surface area contributed by atoms with Gasteiger partial charge in [0.25, 0.3) is 0 Å². The van der Waals surface area contributed by atoms with Crippen molar-refractivity contribution in [1.29, 1.82) is 0 Å². The summed E-state index contributed by atoms with van der Waals surface area (Å²) in [7, 11) is 0. The van der Waals surface area contributed by atoms with E-state index in [-0.39, 0.29) is 30.4 Å². The minimum atomic E-state index is -0.0794. The molecule has 4 heteroatoms. The average molecular weight is 278 g/mol. The number of rotatable bonds is 5. The maximum Gasteiger partial charge on any atom is 0.227 e. The van der Waals surface area contributed by atoms with Crippen LogP contribution < -0.4 is 10.6 Å². The Bertz CT molecular complexity index is 452. The summed E-state index contributed by atoms with van der Waals surface area (Å²) in [6.07, 6.45) is 0.442. The summed E-state index contributed by atoms with van der Waals surface area (Å²) >= 11 is 0. The van der Waals surface area contributed by atoms with E-state index in [0.29, 0.717) is 17.8 Å². The Kier molecular flexibility index (Phi) is 5.57. The van der Waals surface area contributed by atoms with E-state index in [2.05, 4.69) is 27.7 Å². The van der Waals surface area contributed by atoms with Crippen molar-refractivity contribution in [3.63, 3.8) is 0 Å². The van der Waals surface area contributed by atoms with Crippen molar-refractivity contribution in [2.75, 3.05) is 23.8 Å². The normalized spacial score (nSPS) is 13.1. The Morgan fingerprint density at radius 1 is 1.35 bits per heavy atom. The van der Waals surface area contributed by atoms with E-state index >= 15 is 0 Å². The number of anilines is 2. The molecule has 0 aliphatic heterocycles. The molecule has 0 saturated heterocycles. The second kappa shape index (κ2) is 6.75. The fourth-order valence-corrected chi connectivity index (χ4v) is 1.89. The molecule has 1 unspecified atom stereocenters. The largest absolute Gasteiger partial charge is 0.397 e. The van der Waals surface area contributed by atoms with Crippen LogP contribution in [-0.2, 0) is 4.79 Å². The number of para-hydroxylation sites is 2. The number of aliphatic hydroxyl groups excluding tert-OH is 1. The third-order valence-corrected chi connectivity index (χ3v) is 3.81. The molecule has 1 amide bonds. The lowest BCUT2D eigenvalue weighted by atomic mass is 9.80. The zero-order valence-electron chi connectivity index (χ0n) is 12.9. The fraction of sp³-hybridized carbons (Fsp3) is 0.562. The van der Waals surface area contributed by atoms with Crippen LogP contribution in [0.5, 0.6) is 0 Å². The van der Waals surface area contributed by atoms with E-state index in [4.69, 9.17) is 5.73 Å². The van der Waals surface area contributed by atoms with Crippen molar-refractivity contribution < 1.29 is 9.90 Å². The number of benzene rings is 1.